The van der Waals surface area contributed by atoms with Crippen LogP contribution in [0.3, 0.4) is 0 Å². The maximum absolute atomic E-state index is 14.4. The molecule has 3 rings (SSSR count). The number of sulfone groups is 2. The van der Waals surface area contributed by atoms with Crippen molar-refractivity contribution < 1.29 is 21.2 Å². The molecule has 0 aliphatic carbocycles. The molecule has 6 nitrogen and oxygen atoms in total. The van der Waals surface area contributed by atoms with Crippen LogP contribution in [0.15, 0.2) is 47.4 Å². The molecule has 3 atom stereocenters. The third kappa shape index (κ3) is 5.28. The minimum atomic E-state index is -4.21. The molecule has 1 saturated heterocycles. The molecule has 0 saturated carbocycles. The summed E-state index contributed by atoms with van der Waals surface area (Å²) in [5, 5.41) is 2.41. The monoisotopic (exact) mass is 488 g/mol. The van der Waals surface area contributed by atoms with Crippen LogP contribution in [0.1, 0.15) is 17.2 Å². The lowest BCUT2D eigenvalue weighted by Crippen LogP contribution is -2.46. The van der Waals surface area contributed by atoms with Gasteiger partial charge in [-0.3, -0.25) is 0 Å². The SMILES string of the molecule is Cc1ccc(F)c(S(=O)(=O)[C@H]2CS(=O)(=O)C[C@@H]2NCC(c2ccccc2Cl)N(C)C)c1. The van der Waals surface area contributed by atoms with E-state index in [2.05, 4.69) is 5.32 Å². The van der Waals surface area contributed by atoms with Crippen LogP contribution in [0, 0.1) is 12.7 Å². The minimum Gasteiger partial charge on any atom is -0.310 e. The molecule has 1 N–H and O–H groups in total. The number of hydrogen-bond acceptors (Lipinski definition) is 6. The first-order valence-corrected chi connectivity index (χ1v) is 13.5. The average Bonchev–Trinajstić information content (AvgIpc) is 3.00. The largest absolute Gasteiger partial charge is 0.310 e. The van der Waals surface area contributed by atoms with E-state index in [9.17, 15) is 21.2 Å². The fourth-order valence-corrected chi connectivity index (χ4v) is 9.01. The van der Waals surface area contributed by atoms with E-state index in [-0.39, 0.29) is 18.3 Å². The predicted molar refractivity (Wildman–Crippen MR) is 120 cm³/mol. The second kappa shape index (κ2) is 9.15. The van der Waals surface area contributed by atoms with Gasteiger partial charge in [0.05, 0.1) is 16.8 Å². The molecule has 1 heterocycles. The fourth-order valence-electron chi connectivity index (χ4n) is 3.88. The van der Waals surface area contributed by atoms with Gasteiger partial charge in [0.15, 0.2) is 19.7 Å². The van der Waals surface area contributed by atoms with E-state index in [1.807, 2.05) is 37.2 Å². The van der Waals surface area contributed by atoms with Gasteiger partial charge in [0.1, 0.15) is 10.7 Å². The Bertz CT molecular complexity index is 1170. The van der Waals surface area contributed by atoms with Crippen molar-refractivity contribution in [3.05, 3.63) is 64.4 Å². The Kier molecular flexibility index (Phi) is 7.12. The smallest absolute Gasteiger partial charge is 0.186 e. The molecule has 1 aliphatic heterocycles. The van der Waals surface area contributed by atoms with Gasteiger partial charge >= 0.3 is 0 Å². The van der Waals surface area contributed by atoms with Gasteiger partial charge in [-0.1, -0.05) is 35.9 Å². The summed E-state index contributed by atoms with van der Waals surface area (Å²) >= 11 is 6.33. The van der Waals surface area contributed by atoms with Crippen LogP contribution in [-0.2, 0) is 19.7 Å². The van der Waals surface area contributed by atoms with Crippen LogP contribution in [0.4, 0.5) is 4.39 Å². The predicted octanol–water partition coefficient (Wildman–Crippen LogP) is 2.62. The number of benzene rings is 2. The van der Waals surface area contributed by atoms with Crippen molar-refractivity contribution in [2.24, 2.45) is 0 Å². The highest BCUT2D eigenvalue weighted by molar-refractivity contribution is 7.96. The summed E-state index contributed by atoms with van der Waals surface area (Å²) in [6.07, 6.45) is 0. The summed E-state index contributed by atoms with van der Waals surface area (Å²) < 4.78 is 65.5. The van der Waals surface area contributed by atoms with E-state index in [0.29, 0.717) is 10.6 Å². The molecular formula is C21H26ClFN2O4S2. The summed E-state index contributed by atoms with van der Waals surface area (Å²) in [5.41, 5.74) is 1.42. The van der Waals surface area contributed by atoms with Crippen molar-refractivity contribution in [1.29, 1.82) is 0 Å². The van der Waals surface area contributed by atoms with Crippen molar-refractivity contribution in [1.82, 2.24) is 10.2 Å². The molecule has 0 spiro atoms. The van der Waals surface area contributed by atoms with Gasteiger partial charge in [-0.15, -0.1) is 0 Å². The Labute approximate surface area is 188 Å². The normalized spacial score (nSPS) is 22.0. The lowest BCUT2D eigenvalue weighted by atomic mass is 10.1. The summed E-state index contributed by atoms with van der Waals surface area (Å²) in [6, 6.07) is 10.0. The van der Waals surface area contributed by atoms with Gasteiger partial charge in [0.2, 0.25) is 0 Å². The zero-order valence-electron chi connectivity index (χ0n) is 17.5. The van der Waals surface area contributed by atoms with E-state index in [0.717, 1.165) is 11.6 Å². The van der Waals surface area contributed by atoms with Crippen LogP contribution in [0.5, 0.6) is 0 Å². The topological polar surface area (TPSA) is 83.5 Å². The Hall–Kier alpha value is -1.52. The Morgan fingerprint density at radius 1 is 1.19 bits per heavy atom. The maximum atomic E-state index is 14.4. The Morgan fingerprint density at radius 3 is 2.52 bits per heavy atom. The van der Waals surface area contributed by atoms with Gasteiger partial charge in [0.25, 0.3) is 0 Å². The number of nitrogens with one attached hydrogen (secondary N) is 1. The lowest BCUT2D eigenvalue weighted by Gasteiger charge is -2.29. The molecule has 170 valence electrons. The number of hydrogen-bond donors (Lipinski definition) is 1. The zero-order chi connectivity index (χ0) is 23.0. The summed E-state index contributed by atoms with van der Waals surface area (Å²) in [6.45, 7) is 1.93. The fraction of sp³-hybridized carbons (Fsp3) is 0.429. The molecule has 1 fully saturated rings. The molecule has 0 radical (unpaired) electrons. The number of nitrogens with zero attached hydrogens (tertiary/aromatic N) is 1. The standard InChI is InChI=1S/C21H26ClFN2O4S2/c1-14-8-9-17(23)20(10-14)31(28,29)21-13-30(26,27)12-18(21)24-11-19(25(2)3)15-6-4-5-7-16(15)22/h4-10,18-19,21,24H,11-13H2,1-3H3/t18-,19?,21-/m0/s1. The van der Waals surface area contributed by atoms with Gasteiger partial charge in [0, 0.05) is 23.7 Å². The highest BCUT2D eigenvalue weighted by atomic mass is 35.5. The van der Waals surface area contributed by atoms with Crippen molar-refractivity contribution in [3.8, 4) is 0 Å². The van der Waals surface area contributed by atoms with E-state index < -0.39 is 47.4 Å². The van der Waals surface area contributed by atoms with Crippen LogP contribution in [0.25, 0.3) is 0 Å². The van der Waals surface area contributed by atoms with Crippen LogP contribution in [-0.4, -0.2) is 65.2 Å². The van der Waals surface area contributed by atoms with Crippen molar-refractivity contribution in [2.75, 3.05) is 32.1 Å². The van der Waals surface area contributed by atoms with E-state index in [1.54, 1.807) is 13.0 Å². The summed E-state index contributed by atoms with van der Waals surface area (Å²) in [4.78, 5) is 1.46. The van der Waals surface area contributed by atoms with Crippen molar-refractivity contribution in [3.63, 3.8) is 0 Å². The molecule has 0 bridgehead atoms. The van der Waals surface area contributed by atoms with Gasteiger partial charge in [-0.25, -0.2) is 21.2 Å². The molecule has 0 amide bonds. The van der Waals surface area contributed by atoms with Crippen molar-refractivity contribution >= 4 is 31.3 Å². The van der Waals surface area contributed by atoms with E-state index in [4.69, 9.17) is 11.6 Å². The average molecular weight is 489 g/mol. The Balaban J connectivity index is 1.90. The minimum absolute atomic E-state index is 0.212. The highest BCUT2D eigenvalue weighted by Crippen LogP contribution is 2.30. The van der Waals surface area contributed by atoms with Gasteiger partial charge in [-0.05, 0) is 50.3 Å². The molecule has 1 unspecified atom stereocenters. The van der Waals surface area contributed by atoms with Crippen molar-refractivity contribution in [2.45, 2.75) is 29.2 Å². The lowest BCUT2D eigenvalue weighted by molar-refractivity contribution is 0.282. The summed E-state index contributed by atoms with van der Waals surface area (Å²) in [7, 11) is -4.10. The summed E-state index contributed by atoms with van der Waals surface area (Å²) in [5.74, 6) is -1.75. The number of likely N-dealkylation sites (N-methyl/N-ethyl adjacent to an activating group) is 1. The first-order chi connectivity index (χ1) is 14.4. The molecule has 31 heavy (non-hydrogen) atoms. The number of aryl methyl sites for hydroxylation is 1. The third-order valence-corrected chi connectivity index (χ3v) is 10.1. The second-order valence-electron chi connectivity index (χ2n) is 8.11. The number of halogens is 2. The van der Waals surface area contributed by atoms with Crippen LogP contribution < -0.4 is 5.32 Å². The molecule has 0 aromatic heterocycles. The number of rotatable bonds is 7. The van der Waals surface area contributed by atoms with E-state index in [1.165, 1.54) is 12.1 Å². The second-order valence-corrected chi connectivity index (χ2v) is 12.8. The van der Waals surface area contributed by atoms with Crippen LogP contribution >= 0.6 is 11.6 Å². The quantitative estimate of drug-likeness (QED) is 0.645. The van der Waals surface area contributed by atoms with Gasteiger partial charge in [-0.2, -0.15) is 0 Å². The molecule has 2 aromatic carbocycles. The maximum Gasteiger partial charge on any atom is 0.186 e. The molecule has 10 heteroatoms. The third-order valence-electron chi connectivity index (χ3n) is 5.55. The zero-order valence-corrected chi connectivity index (χ0v) is 19.9. The van der Waals surface area contributed by atoms with Crippen LogP contribution in [0.2, 0.25) is 5.02 Å². The first-order valence-electron chi connectivity index (χ1n) is 9.77. The molecule has 2 aromatic rings. The molecular weight excluding hydrogens is 463 g/mol. The first kappa shape index (κ1) is 24.1. The van der Waals surface area contributed by atoms with Gasteiger partial charge < -0.3 is 10.2 Å². The Morgan fingerprint density at radius 2 is 1.87 bits per heavy atom. The van der Waals surface area contributed by atoms with E-state index >= 15 is 0 Å². The molecule has 1 aliphatic rings. The highest BCUT2D eigenvalue weighted by Gasteiger charge is 2.46.